The predicted molar refractivity (Wildman–Crippen MR) is 91.5 cm³/mol. The maximum absolute atomic E-state index is 12.8. The van der Waals surface area contributed by atoms with Crippen LogP contribution in [0.2, 0.25) is 0 Å². The minimum atomic E-state index is -0.176. The standard InChI is InChI=1S/C19H22N2O3/c1-19(2)12-21(18(22)13-6-5-7-20-10-13)11-14-8-16(23-3)17(24-4)9-15(14)19/h5-10H,11-12H2,1-4H3. The minimum absolute atomic E-state index is 0.00314. The van der Waals surface area contributed by atoms with E-state index in [2.05, 4.69) is 18.8 Å². The molecule has 0 fully saturated rings. The number of hydrogen-bond acceptors (Lipinski definition) is 4. The van der Waals surface area contributed by atoms with Crippen LogP contribution in [0.4, 0.5) is 0 Å². The highest BCUT2D eigenvalue weighted by Crippen LogP contribution is 2.40. The van der Waals surface area contributed by atoms with Crippen LogP contribution in [0.15, 0.2) is 36.7 Å². The van der Waals surface area contributed by atoms with Gasteiger partial charge in [0.2, 0.25) is 0 Å². The van der Waals surface area contributed by atoms with Crippen LogP contribution in [0.1, 0.15) is 35.3 Å². The summed E-state index contributed by atoms with van der Waals surface area (Å²) in [7, 11) is 3.26. The molecule has 2 heterocycles. The molecule has 1 aliphatic rings. The lowest BCUT2D eigenvalue weighted by molar-refractivity contribution is 0.0685. The monoisotopic (exact) mass is 326 g/mol. The van der Waals surface area contributed by atoms with Crippen molar-refractivity contribution in [2.45, 2.75) is 25.8 Å². The molecule has 1 aliphatic heterocycles. The Bertz CT molecular complexity index is 757. The smallest absolute Gasteiger partial charge is 0.255 e. The maximum atomic E-state index is 12.8. The molecule has 126 valence electrons. The van der Waals surface area contributed by atoms with Crippen LogP contribution in [-0.4, -0.2) is 36.6 Å². The molecule has 0 unspecified atom stereocenters. The third kappa shape index (κ3) is 2.82. The highest BCUT2D eigenvalue weighted by atomic mass is 16.5. The highest BCUT2D eigenvalue weighted by molar-refractivity contribution is 5.94. The molecule has 2 aromatic rings. The van der Waals surface area contributed by atoms with E-state index in [0.29, 0.717) is 24.4 Å². The Morgan fingerprint density at radius 1 is 1.21 bits per heavy atom. The predicted octanol–water partition coefficient (Wildman–Crippen LogP) is 3.03. The lowest BCUT2D eigenvalue weighted by atomic mass is 9.78. The van der Waals surface area contributed by atoms with Gasteiger partial charge in [-0.2, -0.15) is 0 Å². The fraction of sp³-hybridized carbons (Fsp3) is 0.368. The van der Waals surface area contributed by atoms with Crippen LogP contribution >= 0.6 is 0 Å². The summed E-state index contributed by atoms with van der Waals surface area (Å²) in [6.07, 6.45) is 3.28. The zero-order valence-corrected chi connectivity index (χ0v) is 14.5. The van der Waals surface area contributed by atoms with Crippen LogP contribution in [-0.2, 0) is 12.0 Å². The van der Waals surface area contributed by atoms with Gasteiger partial charge in [0.1, 0.15) is 0 Å². The van der Waals surface area contributed by atoms with Crippen molar-refractivity contribution in [3.05, 3.63) is 53.3 Å². The molecule has 0 spiro atoms. The van der Waals surface area contributed by atoms with E-state index in [1.165, 1.54) is 5.56 Å². The van der Waals surface area contributed by atoms with Crippen LogP contribution < -0.4 is 9.47 Å². The first-order chi connectivity index (χ1) is 11.5. The molecular formula is C19H22N2O3. The summed E-state index contributed by atoms with van der Waals surface area (Å²) in [5.74, 6) is 1.40. The number of amides is 1. The molecule has 1 amide bonds. The molecule has 24 heavy (non-hydrogen) atoms. The van der Waals surface area contributed by atoms with Gasteiger partial charge in [-0.15, -0.1) is 0 Å². The molecule has 0 atom stereocenters. The van der Waals surface area contributed by atoms with E-state index >= 15 is 0 Å². The quantitative estimate of drug-likeness (QED) is 0.870. The van der Waals surface area contributed by atoms with Crippen molar-refractivity contribution in [3.8, 4) is 11.5 Å². The maximum Gasteiger partial charge on any atom is 0.255 e. The second-order valence-corrected chi connectivity index (χ2v) is 6.65. The van der Waals surface area contributed by atoms with E-state index in [1.54, 1.807) is 38.7 Å². The van der Waals surface area contributed by atoms with Gasteiger partial charge in [-0.25, -0.2) is 0 Å². The van der Waals surface area contributed by atoms with Crippen molar-refractivity contribution < 1.29 is 14.3 Å². The molecule has 0 bridgehead atoms. The lowest BCUT2D eigenvalue weighted by Crippen LogP contribution is -2.45. The van der Waals surface area contributed by atoms with E-state index in [4.69, 9.17) is 9.47 Å². The molecule has 0 saturated heterocycles. The van der Waals surface area contributed by atoms with Crippen LogP contribution in [0.3, 0.4) is 0 Å². The first kappa shape index (κ1) is 16.3. The van der Waals surface area contributed by atoms with Gasteiger partial charge < -0.3 is 14.4 Å². The van der Waals surface area contributed by atoms with Gasteiger partial charge in [-0.1, -0.05) is 13.8 Å². The molecule has 0 radical (unpaired) electrons. The summed E-state index contributed by atoms with van der Waals surface area (Å²) in [5, 5.41) is 0. The molecule has 5 nitrogen and oxygen atoms in total. The van der Waals surface area contributed by atoms with Gasteiger partial charge in [0, 0.05) is 30.9 Å². The van der Waals surface area contributed by atoms with Crippen molar-refractivity contribution in [2.75, 3.05) is 20.8 Å². The molecule has 1 aromatic heterocycles. The molecule has 0 saturated carbocycles. The van der Waals surface area contributed by atoms with Gasteiger partial charge in [0.25, 0.3) is 5.91 Å². The van der Waals surface area contributed by atoms with Gasteiger partial charge in [0.05, 0.1) is 19.8 Å². The SMILES string of the molecule is COc1cc2c(cc1OC)C(C)(C)CN(C(=O)c1cccnc1)C2. The average molecular weight is 326 g/mol. The van der Waals surface area contributed by atoms with Crippen molar-refractivity contribution in [3.63, 3.8) is 0 Å². The van der Waals surface area contributed by atoms with Crippen LogP contribution in [0.25, 0.3) is 0 Å². The average Bonchev–Trinajstić information content (AvgIpc) is 2.60. The summed E-state index contributed by atoms with van der Waals surface area (Å²) < 4.78 is 10.8. The summed E-state index contributed by atoms with van der Waals surface area (Å²) in [6, 6.07) is 7.58. The number of nitrogens with zero attached hydrogens (tertiary/aromatic N) is 2. The third-order valence-electron chi connectivity index (χ3n) is 4.48. The Hall–Kier alpha value is -2.56. The number of fused-ring (bicyclic) bond motifs is 1. The Kier molecular flexibility index (Phi) is 4.18. The topological polar surface area (TPSA) is 51.7 Å². The van der Waals surface area contributed by atoms with Gasteiger partial charge >= 0.3 is 0 Å². The molecular weight excluding hydrogens is 304 g/mol. The second-order valence-electron chi connectivity index (χ2n) is 6.65. The number of carbonyl (C=O) groups excluding carboxylic acids is 1. The number of pyridine rings is 1. The number of methoxy groups -OCH3 is 2. The summed E-state index contributed by atoms with van der Waals surface area (Å²) in [6.45, 7) is 5.47. The van der Waals surface area contributed by atoms with E-state index in [1.807, 2.05) is 17.0 Å². The molecule has 1 aromatic carbocycles. The summed E-state index contributed by atoms with van der Waals surface area (Å²) >= 11 is 0. The Morgan fingerprint density at radius 3 is 2.54 bits per heavy atom. The summed E-state index contributed by atoms with van der Waals surface area (Å²) in [4.78, 5) is 18.7. The van der Waals surface area contributed by atoms with Crippen LogP contribution in [0.5, 0.6) is 11.5 Å². The molecule has 0 aliphatic carbocycles. The number of ether oxygens (including phenoxy) is 2. The number of hydrogen-bond donors (Lipinski definition) is 0. The Labute approximate surface area is 142 Å². The molecule has 0 N–H and O–H groups in total. The van der Waals surface area contributed by atoms with E-state index in [0.717, 1.165) is 11.3 Å². The van der Waals surface area contributed by atoms with E-state index in [-0.39, 0.29) is 11.3 Å². The Morgan fingerprint density at radius 2 is 1.92 bits per heavy atom. The minimum Gasteiger partial charge on any atom is -0.493 e. The van der Waals surface area contributed by atoms with Gasteiger partial charge in [-0.05, 0) is 35.4 Å². The first-order valence-corrected chi connectivity index (χ1v) is 7.91. The molecule has 5 heteroatoms. The van der Waals surface area contributed by atoms with E-state index < -0.39 is 0 Å². The number of carbonyl (C=O) groups is 1. The first-order valence-electron chi connectivity index (χ1n) is 7.91. The van der Waals surface area contributed by atoms with E-state index in [9.17, 15) is 4.79 Å². The number of rotatable bonds is 3. The Balaban J connectivity index is 1.99. The number of benzene rings is 1. The van der Waals surface area contributed by atoms with Crippen molar-refractivity contribution in [2.24, 2.45) is 0 Å². The normalized spacial score (nSPS) is 15.6. The van der Waals surface area contributed by atoms with Gasteiger partial charge in [0.15, 0.2) is 11.5 Å². The van der Waals surface area contributed by atoms with Crippen LogP contribution in [0, 0.1) is 0 Å². The number of aromatic nitrogens is 1. The second kappa shape index (κ2) is 6.15. The zero-order valence-electron chi connectivity index (χ0n) is 14.5. The fourth-order valence-corrected chi connectivity index (χ4v) is 3.32. The fourth-order valence-electron chi connectivity index (χ4n) is 3.32. The van der Waals surface area contributed by atoms with Crippen molar-refractivity contribution >= 4 is 5.91 Å². The highest BCUT2D eigenvalue weighted by Gasteiger charge is 2.35. The van der Waals surface area contributed by atoms with Crippen molar-refractivity contribution in [1.29, 1.82) is 0 Å². The summed E-state index contributed by atoms with van der Waals surface area (Å²) in [5.41, 5.74) is 2.71. The lowest BCUT2D eigenvalue weighted by Gasteiger charge is -2.40. The molecule has 3 rings (SSSR count). The van der Waals surface area contributed by atoms with Gasteiger partial charge in [-0.3, -0.25) is 9.78 Å². The van der Waals surface area contributed by atoms with Crippen molar-refractivity contribution in [1.82, 2.24) is 9.88 Å². The zero-order chi connectivity index (χ0) is 17.3. The largest absolute Gasteiger partial charge is 0.493 e. The third-order valence-corrected chi connectivity index (χ3v) is 4.48.